The summed E-state index contributed by atoms with van der Waals surface area (Å²) in [5, 5.41) is 3.12. The summed E-state index contributed by atoms with van der Waals surface area (Å²) in [6.07, 6.45) is 1.10. The van der Waals surface area contributed by atoms with Crippen LogP contribution in [0.4, 0.5) is 0 Å². The van der Waals surface area contributed by atoms with Gasteiger partial charge in [0.25, 0.3) is 0 Å². The van der Waals surface area contributed by atoms with Crippen LogP contribution in [0, 0.1) is 5.92 Å². The van der Waals surface area contributed by atoms with E-state index in [4.69, 9.17) is 0 Å². The molecule has 0 radical (unpaired) electrons. The standard InChI is InChI=1S/C9H18N2O/c1-7(2)4-5-11-6-10-8(3)9(11)12/h7-8,10H,4-6H2,1-3H3. The molecule has 0 aromatic carbocycles. The maximum absolute atomic E-state index is 11.4. The number of nitrogens with zero attached hydrogens (tertiary/aromatic N) is 1. The zero-order valence-corrected chi connectivity index (χ0v) is 8.13. The lowest BCUT2D eigenvalue weighted by Crippen LogP contribution is -2.29. The highest BCUT2D eigenvalue weighted by Gasteiger charge is 2.26. The third-order valence-electron chi connectivity index (χ3n) is 2.25. The Bertz CT molecular complexity index is 168. The van der Waals surface area contributed by atoms with Gasteiger partial charge in [0.05, 0.1) is 12.7 Å². The predicted molar refractivity (Wildman–Crippen MR) is 48.6 cm³/mol. The summed E-state index contributed by atoms with van der Waals surface area (Å²) in [4.78, 5) is 13.3. The molecule has 1 rings (SSSR count). The zero-order valence-electron chi connectivity index (χ0n) is 8.13. The molecule has 12 heavy (non-hydrogen) atoms. The van der Waals surface area contributed by atoms with Crippen LogP contribution in [0.2, 0.25) is 0 Å². The number of hydrogen-bond donors (Lipinski definition) is 1. The van der Waals surface area contributed by atoms with Crippen LogP contribution in [0.1, 0.15) is 27.2 Å². The van der Waals surface area contributed by atoms with Crippen molar-refractivity contribution in [3.8, 4) is 0 Å². The first kappa shape index (κ1) is 9.52. The first-order chi connectivity index (χ1) is 5.61. The Hall–Kier alpha value is -0.570. The second kappa shape index (κ2) is 3.90. The van der Waals surface area contributed by atoms with Crippen LogP contribution >= 0.6 is 0 Å². The van der Waals surface area contributed by atoms with E-state index in [1.807, 2.05) is 11.8 Å². The first-order valence-electron chi connectivity index (χ1n) is 4.63. The van der Waals surface area contributed by atoms with E-state index in [2.05, 4.69) is 19.2 Å². The summed E-state index contributed by atoms with van der Waals surface area (Å²) in [5.74, 6) is 0.921. The van der Waals surface area contributed by atoms with Crippen molar-refractivity contribution in [1.29, 1.82) is 0 Å². The molecule has 0 aromatic rings. The highest BCUT2D eigenvalue weighted by Crippen LogP contribution is 2.06. The molecule has 0 spiro atoms. The van der Waals surface area contributed by atoms with E-state index < -0.39 is 0 Å². The lowest BCUT2D eigenvalue weighted by atomic mass is 10.1. The number of carbonyl (C=O) groups is 1. The van der Waals surface area contributed by atoms with Gasteiger partial charge in [-0.15, -0.1) is 0 Å². The fourth-order valence-corrected chi connectivity index (χ4v) is 1.29. The molecule has 0 bridgehead atoms. The summed E-state index contributed by atoms with van der Waals surface area (Å²) < 4.78 is 0. The molecule has 0 aliphatic carbocycles. The average molecular weight is 170 g/mol. The lowest BCUT2D eigenvalue weighted by Gasteiger charge is -2.15. The predicted octanol–water partition coefficient (Wildman–Crippen LogP) is 0.810. The fraction of sp³-hybridized carbons (Fsp3) is 0.889. The fourth-order valence-electron chi connectivity index (χ4n) is 1.29. The molecule has 1 aliphatic heterocycles. The highest BCUT2D eigenvalue weighted by molar-refractivity contribution is 5.83. The minimum atomic E-state index is 0.0252. The summed E-state index contributed by atoms with van der Waals surface area (Å²) >= 11 is 0. The second-order valence-corrected chi connectivity index (χ2v) is 3.87. The van der Waals surface area contributed by atoms with E-state index in [1.165, 1.54) is 0 Å². The van der Waals surface area contributed by atoms with Crippen LogP contribution in [0.15, 0.2) is 0 Å². The van der Waals surface area contributed by atoms with Gasteiger partial charge in [-0.05, 0) is 19.3 Å². The van der Waals surface area contributed by atoms with Crippen molar-refractivity contribution in [3.63, 3.8) is 0 Å². The summed E-state index contributed by atoms with van der Waals surface area (Å²) in [7, 11) is 0. The molecular formula is C9H18N2O. The van der Waals surface area contributed by atoms with Crippen molar-refractivity contribution in [2.75, 3.05) is 13.2 Å². The molecule has 70 valence electrons. The van der Waals surface area contributed by atoms with Crippen LogP contribution in [0.5, 0.6) is 0 Å². The number of hydrogen-bond acceptors (Lipinski definition) is 2. The topological polar surface area (TPSA) is 32.3 Å². The molecule has 1 fully saturated rings. The van der Waals surface area contributed by atoms with E-state index in [0.717, 1.165) is 19.6 Å². The largest absolute Gasteiger partial charge is 0.329 e. The maximum atomic E-state index is 11.4. The Labute approximate surface area is 74.1 Å². The van der Waals surface area contributed by atoms with Gasteiger partial charge < -0.3 is 4.90 Å². The van der Waals surface area contributed by atoms with Gasteiger partial charge in [-0.2, -0.15) is 0 Å². The van der Waals surface area contributed by atoms with Gasteiger partial charge in [-0.25, -0.2) is 0 Å². The van der Waals surface area contributed by atoms with Crippen molar-refractivity contribution in [2.24, 2.45) is 5.92 Å². The van der Waals surface area contributed by atoms with Crippen LogP contribution in [0.25, 0.3) is 0 Å². The van der Waals surface area contributed by atoms with Crippen LogP contribution in [-0.2, 0) is 4.79 Å². The van der Waals surface area contributed by atoms with E-state index in [9.17, 15) is 4.79 Å². The van der Waals surface area contributed by atoms with E-state index in [0.29, 0.717) is 5.92 Å². The van der Waals surface area contributed by atoms with Crippen LogP contribution in [-0.4, -0.2) is 30.1 Å². The van der Waals surface area contributed by atoms with Crippen LogP contribution < -0.4 is 5.32 Å². The smallest absolute Gasteiger partial charge is 0.240 e. The molecule has 1 heterocycles. The van der Waals surface area contributed by atoms with Gasteiger partial charge >= 0.3 is 0 Å². The van der Waals surface area contributed by atoms with Gasteiger partial charge in [0.1, 0.15) is 0 Å². The molecular weight excluding hydrogens is 152 g/mol. The van der Waals surface area contributed by atoms with E-state index in [1.54, 1.807) is 0 Å². The highest BCUT2D eigenvalue weighted by atomic mass is 16.2. The Balaban J connectivity index is 2.30. The molecule has 1 unspecified atom stereocenters. The van der Waals surface area contributed by atoms with Crippen molar-refractivity contribution in [3.05, 3.63) is 0 Å². The van der Waals surface area contributed by atoms with E-state index >= 15 is 0 Å². The Morgan fingerprint density at radius 1 is 1.67 bits per heavy atom. The maximum Gasteiger partial charge on any atom is 0.240 e. The minimum absolute atomic E-state index is 0.0252. The summed E-state index contributed by atoms with van der Waals surface area (Å²) in [5.41, 5.74) is 0. The molecule has 1 amide bonds. The summed E-state index contributed by atoms with van der Waals surface area (Å²) in [6.45, 7) is 7.90. The Morgan fingerprint density at radius 3 is 2.75 bits per heavy atom. The number of carbonyl (C=O) groups excluding carboxylic acids is 1. The zero-order chi connectivity index (χ0) is 9.14. The molecule has 3 nitrogen and oxygen atoms in total. The third kappa shape index (κ3) is 2.21. The van der Waals surface area contributed by atoms with Crippen molar-refractivity contribution < 1.29 is 4.79 Å². The number of nitrogens with one attached hydrogen (secondary N) is 1. The molecule has 1 aliphatic rings. The molecule has 1 saturated heterocycles. The normalized spacial score (nSPS) is 24.2. The SMILES string of the molecule is CC(C)CCN1CNC(C)C1=O. The second-order valence-electron chi connectivity index (χ2n) is 3.87. The Kier molecular flexibility index (Phi) is 3.09. The van der Waals surface area contributed by atoms with Gasteiger partial charge in [0, 0.05) is 6.54 Å². The van der Waals surface area contributed by atoms with Gasteiger partial charge in [-0.1, -0.05) is 13.8 Å². The average Bonchev–Trinajstić information content (AvgIpc) is 2.30. The van der Waals surface area contributed by atoms with Gasteiger partial charge in [0.15, 0.2) is 0 Å². The number of rotatable bonds is 3. The van der Waals surface area contributed by atoms with Crippen molar-refractivity contribution in [1.82, 2.24) is 10.2 Å². The molecule has 3 heteroatoms. The molecule has 1 N–H and O–H groups in total. The minimum Gasteiger partial charge on any atom is -0.329 e. The lowest BCUT2D eigenvalue weighted by molar-refractivity contribution is -0.128. The molecule has 1 atom stereocenters. The quantitative estimate of drug-likeness (QED) is 0.680. The first-order valence-corrected chi connectivity index (χ1v) is 4.63. The molecule has 0 saturated carbocycles. The summed E-state index contributed by atoms with van der Waals surface area (Å²) in [6, 6.07) is 0.0252. The van der Waals surface area contributed by atoms with Gasteiger partial charge in [-0.3, -0.25) is 10.1 Å². The third-order valence-corrected chi connectivity index (χ3v) is 2.25. The number of amides is 1. The monoisotopic (exact) mass is 170 g/mol. The molecule has 0 aromatic heterocycles. The van der Waals surface area contributed by atoms with Gasteiger partial charge in [0.2, 0.25) is 5.91 Å². The van der Waals surface area contributed by atoms with E-state index in [-0.39, 0.29) is 11.9 Å². The Morgan fingerprint density at radius 2 is 2.33 bits per heavy atom. The van der Waals surface area contributed by atoms with Crippen molar-refractivity contribution >= 4 is 5.91 Å². The van der Waals surface area contributed by atoms with Crippen LogP contribution in [0.3, 0.4) is 0 Å². The van der Waals surface area contributed by atoms with Crippen molar-refractivity contribution in [2.45, 2.75) is 33.2 Å².